The van der Waals surface area contributed by atoms with Crippen LogP contribution in [0.25, 0.3) is 10.9 Å². The Kier molecular flexibility index (Phi) is 2.44. The minimum atomic E-state index is -0.535. The lowest BCUT2D eigenvalue weighted by Gasteiger charge is -2.08. The van der Waals surface area contributed by atoms with E-state index < -0.39 is 11.6 Å². The van der Waals surface area contributed by atoms with Gasteiger partial charge in [-0.2, -0.15) is 0 Å². The van der Waals surface area contributed by atoms with Gasteiger partial charge < -0.3 is 10.7 Å². The van der Waals surface area contributed by atoms with Crippen molar-refractivity contribution in [1.29, 1.82) is 0 Å². The largest absolute Gasteiger partial charge is 0.359 e. The van der Waals surface area contributed by atoms with Gasteiger partial charge in [0.05, 0.1) is 5.52 Å². The molecule has 0 fully saturated rings. The quantitative estimate of drug-likeness (QED) is 0.784. The van der Waals surface area contributed by atoms with Crippen molar-refractivity contribution in [3.05, 3.63) is 35.5 Å². The van der Waals surface area contributed by atoms with Crippen LogP contribution in [0.4, 0.5) is 8.78 Å². The summed E-state index contributed by atoms with van der Waals surface area (Å²) in [6.07, 6.45) is 1.79. The summed E-state index contributed by atoms with van der Waals surface area (Å²) >= 11 is 0. The highest BCUT2D eigenvalue weighted by molar-refractivity contribution is 5.80. The van der Waals surface area contributed by atoms with Gasteiger partial charge in [-0.1, -0.05) is 0 Å². The fraction of sp³-hybridized carbons (Fsp3) is 0.273. The van der Waals surface area contributed by atoms with E-state index in [4.69, 9.17) is 5.73 Å². The lowest BCUT2D eigenvalue weighted by Crippen LogP contribution is -2.19. The van der Waals surface area contributed by atoms with Crippen LogP contribution in [0.2, 0.25) is 0 Å². The van der Waals surface area contributed by atoms with Crippen LogP contribution in [0.3, 0.4) is 0 Å². The van der Waals surface area contributed by atoms with Crippen molar-refractivity contribution in [1.82, 2.24) is 4.98 Å². The average molecular weight is 210 g/mol. The third-order valence-corrected chi connectivity index (χ3v) is 2.36. The molecule has 2 aromatic rings. The molecule has 0 aliphatic heterocycles. The number of fused-ring (bicyclic) bond motifs is 1. The van der Waals surface area contributed by atoms with Crippen LogP contribution in [0.15, 0.2) is 18.3 Å². The van der Waals surface area contributed by atoms with Gasteiger partial charge in [0.15, 0.2) is 5.82 Å². The molecule has 0 radical (unpaired) electrons. The van der Waals surface area contributed by atoms with Crippen LogP contribution in [0, 0.1) is 11.6 Å². The molecule has 1 aromatic carbocycles. The smallest absolute Gasteiger partial charge is 0.153 e. The van der Waals surface area contributed by atoms with E-state index in [0.717, 1.165) is 0 Å². The predicted octanol–water partition coefficient (Wildman–Crippen LogP) is 2.34. The van der Waals surface area contributed by atoms with E-state index in [0.29, 0.717) is 10.9 Å². The van der Waals surface area contributed by atoms with Crippen LogP contribution >= 0.6 is 0 Å². The molecule has 1 unspecified atom stereocenters. The first-order valence-corrected chi connectivity index (χ1v) is 4.79. The third kappa shape index (κ3) is 1.72. The van der Waals surface area contributed by atoms with E-state index in [2.05, 4.69) is 4.98 Å². The van der Waals surface area contributed by atoms with Crippen LogP contribution in [-0.4, -0.2) is 11.0 Å². The van der Waals surface area contributed by atoms with Crippen LogP contribution in [0.5, 0.6) is 0 Å². The van der Waals surface area contributed by atoms with E-state index in [9.17, 15) is 8.78 Å². The molecule has 15 heavy (non-hydrogen) atoms. The summed E-state index contributed by atoms with van der Waals surface area (Å²) in [5, 5.41) is 0.540. The van der Waals surface area contributed by atoms with Gasteiger partial charge in [-0.3, -0.25) is 0 Å². The molecular weight excluding hydrogens is 198 g/mol. The van der Waals surface area contributed by atoms with Gasteiger partial charge >= 0.3 is 0 Å². The maximum absolute atomic E-state index is 13.8. The second-order valence-electron chi connectivity index (χ2n) is 3.77. The first-order valence-electron chi connectivity index (χ1n) is 4.79. The number of aromatic nitrogens is 1. The van der Waals surface area contributed by atoms with Crippen molar-refractivity contribution < 1.29 is 8.78 Å². The second kappa shape index (κ2) is 3.62. The SMILES string of the molecule is CC(N)Cc1c(F)cc2cc[nH]c2c1F. The molecule has 1 atom stereocenters. The van der Waals surface area contributed by atoms with Crippen molar-refractivity contribution in [2.24, 2.45) is 5.73 Å². The van der Waals surface area contributed by atoms with Gasteiger partial charge in [-0.05, 0) is 25.5 Å². The molecule has 2 rings (SSSR count). The number of H-pyrrole nitrogens is 1. The predicted molar refractivity (Wildman–Crippen MR) is 55.6 cm³/mol. The Hall–Kier alpha value is -1.42. The summed E-state index contributed by atoms with van der Waals surface area (Å²) in [6, 6.07) is 2.70. The first kappa shape index (κ1) is 10.1. The summed E-state index contributed by atoms with van der Waals surface area (Å²) in [5.74, 6) is -1.07. The zero-order chi connectivity index (χ0) is 11.0. The van der Waals surface area contributed by atoms with Crippen molar-refractivity contribution >= 4 is 10.9 Å². The highest BCUT2D eigenvalue weighted by atomic mass is 19.1. The average Bonchev–Trinajstić information content (AvgIpc) is 2.59. The molecule has 0 saturated carbocycles. The van der Waals surface area contributed by atoms with Gasteiger partial charge in [0.1, 0.15) is 5.82 Å². The standard InChI is InChI=1S/C11H12F2N2/c1-6(14)4-8-9(12)5-7-2-3-15-11(7)10(8)13/h2-3,5-6,15H,4,14H2,1H3. The normalized spacial score (nSPS) is 13.3. The Morgan fingerprint density at radius 3 is 2.87 bits per heavy atom. The number of benzene rings is 1. The molecule has 0 bridgehead atoms. The zero-order valence-electron chi connectivity index (χ0n) is 8.35. The molecule has 3 N–H and O–H groups in total. The number of nitrogens with one attached hydrogen (secondary N) is 1. The minimum absolute atomic E-state index is 0.0555. The maximum atomic E-state index is 13.8. The molecule has 0 aliphatic rings. The fourth-order valence-corrected chi connectivity index (χ4v) is 1.68. The fourth-order valence-electron chi connectivity index (χ4n) is 1.68. The highest BCUT2D eigenvalue weighted by Gasteiger charge is 2.15. The molecule has 1 aromatic heterocycles. The van der Waals surface area contributed by atoms with Crippen molar-refractivity contribution in [3.8, 4) is 0 Å². The van der Waals surface area contributed by atoms with Gasteiger partial charge in [-0.15, -0.1) is 0 Å². The Bertz CT molecular complexity index is 489. The lowest BCUT2D eigenvalue weighted by atomic mass is 10.0. The summed E-state index contributed by atoms with van der Waals surface area (Å²) in [7, 11) is 0. The monoisotopic (exact) mass is 210 g/mol. The third-order valence-electron chi connectivity index (χ3n) is 2.36. The van der Waals surface area contributed by atoms with Crippen molar-refractivity contribution in [2.75, 3.05) is 0 Å². The summed E-state index contributed by atoms with van der Waals surface area (Å²) in [6.45, 7) is 1.72. The summed E-state index contributed by atoms with van der Waals surface area (Å²) in [5.41, 5.74) is 5.93. The van der Waals surface area contributed by atoms with E-state index in [-0.39, 0.29) is 18.0 Å². The molecule has 0 saturated heterocycles. The Morgan fingerprint density at radius 2 is 2.20 bits per heavy atom. The molecule has 0 amide bonds. The maximum Gasteiger partial charge on any atom is 0.153 e. The van der Waals surface area contributed by atoms with Gasteiger partial charge in [0.2, 0.25) is 0 Å². The Labute approximate surface area is 86.1 Å². The lowest BCUT2D eigenvalue weighted by molar-refractivity contribution is 0.549. The summed E-state index contributed by atoms with van der Waals surface area (Å²) < 4.78 is 27.3. The van der Waals surface area contributed by atoms with Crippen LogP contribution in [0.1, 0.15) is 12.5 Å². The minimum Gasteiger partial charge on any atom is -0.359 e. The van der Waals surface area contributed by atoms with E-state index in [1.807, 2.05) is 0 Å². The highest BCUT2D eigenvalue weighted by Crippen LogP contribution is 2.23. The molecular formula is C11H12F2N2. The van der Waals surface area contributed by atoms with E-state index >= 15 is 0 Å². The molecule has 0 aliphatic carbocycles. The number of halogens is 2. The van der Waals surface area contributed by atoms with Crippen LogP contribution < -0.4 is 5.73 Å². The van der Waals surface area contributed by atoms with Gasteiger partial charge in [0.25, 0.3) is 0 Å². The molecule has 4 heteroatoms. The Morgan fingerprint density at radius 1 is 1.47 bits per heavy atom. The number of nitrogens with two attached hydrogens (primary N) is 1. The van der Waals surface area contributed by atoms with Crippen molar-refractivity contribution in [3.63, 3.8) is 0 Å². The Balaban J connectivity index is 2.61. The van der Waals surface area contributed by atoms with Gasteiger partial charge in [-0.25, -0.2) is 8.78 Å². The number of aromatic amines is 1. The molecule has 1 heterocycles. The van der Waals surface area contributed by atoms with E-state index in [1.54, 1.807) is 19.2 Å². The molecule has 2 nitrogen and oxygen atoms in total. The molecule has 80 valence electrons. The second-order valence-corrected chi connectivity index (χ2v) is 3.77. The first-order chi connectivity index (χ1) is 7.09. The topological polar surface area (TPSA) is 41.8 Å². The van der Waals surface area contributed by atoms with Crippen molar-refractivity contribution in [2.45, 2.75) is 19.4 Å². The number of hydrogen-bond acceptors (Lipinski definition) is 1. The number of hydrogen-bond donors (Lipinski definition) is 2. The van der Waals surface area contributed by atoms with Crippen LogP contribution in [-0.2, 0) is 6.42 Å². The zero-order valence-corrected chi connectivity index (χ0v) is 8.35. The molecule has 0 spiro atoms. The summed E-state index contributed by atoms with van der Waals surface area (Å²) in [4.78, 5) is 2.75. The van der Waals surface area contributed by atoms with Gasteiger partial charge in [0, 0.05) is 23.2 Å². The number of rotatable bonds is 2. The van der Waals surface area contributed by atoms with E-state index in [1.165, 1.54) is 6.07 Å².